The standard InChI is InChI=1S/C15H18N2O3/c1-11-9-14(10-16(20-3)12(11)2)17(15(18)19)13-7-5-4-6-8-13/h4-9H,10H2,1-3H3,(H,18,19). The molecular formula is C15H18N2O3. The van der Waals surface area contributed by atoms with Crippen LogP contribution in [0.4, 0.5) is 10.5 Å². The van der Waals surface area contributed by atoms with Crippen LogP contribution in [0, 0.1) is 0 Å². The first-order valence-corrected chi connectivity index (χ1v) is 6.32. The van der Waals surface area contributed by atoms with E-state index in [4.69, 9.17) is 4.84 Å². The molecule has 1 aromatic carbocycles. The molecule has 1 aliphatic heterocycles. The van der Waals surface area contributed by atoms with E-state index in [0.29, 0.717) is 17.9 Å². The van der Waals surface area contributed by atoms with Crippen LogP contribution < -0.4 is 4.90 Å². The van der Waals surface area contributed by atoms with Crippen LogP contribution in [0.15, 0.2) is 53.4 Å². The van der Waals surface area contributed by atoms with Gasteiger partial charge in [0.25, 0.3) is 0 Å². The number of anilines is 1. The van der Waals surface area contributed by atoms with Crippen LogP contribution in [0.5, 0.6) is 0 Å². The van der Waals surface area contributed by atoms with Gasteiger partial charge in [-0.05, 0) is 37.6 Å². The summed E-state index contributed by atoms with van der Waals surface area (Å²) in [5, 5.41) is 11.2. The molecule has 0 saturated heterocycles. The molecule has 20 heavy (non-hydrogen) atoms. The van der Waals surface area contributed by atoms with Gasteiger partial charge in [0, 0.05) is 5.70 Å². The van der Waals surface area contributed by atoms with Crippen molar-refractivity contribution in [2.24, 2.45) is 0 Å². The van der Waals surface area contributed by atoms with Crippen molar-refractivity contribution in [3.63, 3.8) is 0 Å². The number of rotatable bonds is 3. The molecule has 1 aromatic rings. The van der Waals surface area contributed by atoms with Gasteiger partial charge in [0.1, 0.15) is 0 Å². The van der Waals surface area contributed by atoms with Gasteiger partial charge in [-0.15, -0.1) is 0 Å². The van der Waals surface area contributed by atoms with Crippen LogP contribution in [0.2, 0.25) is 0 Å². The molecule has 0 aromatic heterocycles. The predicted molar refractivity (Wildman–Crippen MR) is 77.1 cm³/mol. The Labute approximate surface area is 118 Å². The maximum Gasteiger partial charge on any atom is 0.416 e. The molecule has 1 heterocycles. The van der Waals surface area contributed by atoms with Gasteiger partial charge in [0.2, 0.25) is 0 Å². The zero-order valence-electron chi connectivity index (χ0n) is 11.8. The number of hydrogen-bond acceptors (Lipinski definition) is 3. The molecule has 0 radical (unpaired) electrons. The molecule has 0 atom stereocenters. The first-order chi connectivity index (χ1) is 9.54. The van der Waals surface area contributed by atoms with E-state index in [2.05, 4.69) is 0 Å². The quantitative estimate of drug-likeness (QED) is 0.919. The highest BCUT2D eigenvalue weighted by molar-refractivity contribution is 5.90. The van der Waals surface area contributed by atoms with Crippen molar-refractivity contribution in [2.45, 2.75) is 13.8 Å². The molecule has 106 valence electrons. The number of carbonyl (C=O) groups is 1. The Balaban J connectivity index is 2.42. The minimum Gasteiger partial charge on any atom is -0.464 e. The summed E-state index contributed by atoms with van der Waals surface area (Å²) < 4.78 is 0. The number of carboxylic acid groups (broad SMARTS) is 1. The van der Waals surface area contributed by atoms with E-state index in [1.54, 1.807) is 24.3 Å². The van der Waals surface area contributed by atoms with Crippen LogP contribution >= 0.6 is 0 Å². The predicted octanol–water partition coefficient (Wildman–Crippen LogP) is 3.23. The van der Waals surface area contributed by atoms with Crippen LogP contribution in [-0.4, -0.2) is 29.9 Å². The molecule has 2 rings (SSSR count). The van der Waals surface area contributed by atoms with E-state index in [1.165, 1.54) is 4.90 Å². The normalized spacial score (nSPS) is 15.2. The molecule has 5 nitrogen and oxygen atoms in total. The number of benzene rings is 1. The fourth-order valence-corrected chi connectivity index (χ4v) is 2.18. The molecule has 0 fully saturated rings. The average Bonchev–Trinajstić information content (AvgIpc) is 2.43. The second-order valence-electron chi connectivity index (χ2n) is 4.58. The summed E-state index contributed by atoms with van der Waals surface area (Å²) in [6, 6.07) is 9.03. The fraction of sp³-hybridized carbons (Fsp3) is 0.267. The van der Waals surface area contributed by atoms with Gasteiger partial charge < -0.3 is 5.11 Å². The lowest BCUT2D eigenvalue weighted by atomic mass is 10.1. The zero-order valence-corrected chi connectivity index (χ0v) is 11.8. The van der Waals surface area contributed by atoms with Crippen LogP contribution in [-0.2, 0) is 4.84 Å². The van der Waals surface area contributed by atoms with Crippen molar-refractivity contribution >= 4 is 11.8 Å². The Morgan fingerprint density at radius 2 is 1.95 bits per heavy atom. The van der Waals surface area contributed by atoms with E-state index >= 15 is 0 Å². The monoisotopic (exact) mass is 274 g/mol. The molecule has 0 saturated carbocycles. The van der Waals surface area contributed by atoms with Gasteiger partial charge in [-0.25, -0.2) is 9.69 Å². The molecular weight excluding hydrogens is 256 g/mol. The first kappa shape index (κ1) is 14.1. The van der Waals surface area contributed by atoms with Gasteiger partial charge in [0.15, 0.2) is 0 Å². The van der Waals surface area contributed by atoms with Gasteiger partial charge >= 0.3 is 6.09 Å². The highest BCUT2D eigenvalue weighted by Gasteiger charge is 2.25. The molecule has 1 N–H and O–H groups in total. The second kappa shape index (κ2) is 5.79. The SMILES string of the molecule is CON1CC(N(C(=O)O)c2ccccc2)=CC(C)=C1C. The third-order valence-corrected chi connectivity index (χ3v) is 3.35. The number of allylic oxidation sites excluding steroid dienone is 3. The summed E-state index contributed by atoms with van der Waals surface area (Å²) in [6.07, 6.45) is 0.872. The summed E-state index contributed by atoms with van der Waals surface area (Å²) in [4.78, 5) is 18.2. The van der Waals surface area contributed by atoms with Gasteiger partial charge in [-0.1, -0.05) is 18.2 Å². The Morgan fingerprint density at radius 3 is 2.50 bits per heavy atom. The Bertz CT molecular complexity index is 564. The summed E-state index contributed by atoms with van der Waals surface area (Å²) in [5.74, 6) is 0. The molecule has 0 spiro atoms. The first-order valence-electron chi connectivity index (χ1n) is 6.32. The zero-order chi connectivity index (χ0) is 14.7. The summed E-state index contributed by atoms with van der Waals surface area (Å²) in [6.45, 7) is 4.27. The molecule has 0 bridgehead atoms. The van der Waals surface area contributed by atoms with Gasteiger partial charge in [-0.2, -0.15) is 0 Å². The molecule has 1 aliphatic rings. The van der Waals surface area contributed by atoms with E-state index in [-0.39, 0.29) is 0 Å². The Morgan fingerprint density at radius 1 is 1.30 bits per heavy atom. The molecule has 0 unspecified atom stereocenters. The van der Waals surface area contributed by atoms with Crippen molar-refractivity contribution in [1.82, 2.24) is 5.06 Å². The van der Waals surface area contributed by atoms with Crippen molar-refractivity contribution in [2.75, 3.05) is 18.6 Å². The second-order valence-corrected chi connectivity index (χ2v) is 4.58. The average molecular weight is 274 g/mol. The number of hydroxylamine groups is 2. The number of hydrogen-bond donors (Lipinski definition) is 1. The lowest BCUT2D eigenvalue weighted by Crippen LogP contribution is -2.37. The maximum atomic E-state index is 11.6. The molecule has 1 amide bonds. The van der Waals surface area contributed by atoms with Crippen molar-refractivity contribution in [1.29, 1.82) is 0 Å². The highest BCUT2D eigenvalue weighted by atomic mass is 16.7. The Hall–Kier alpha value is -2.27. The van der Waals surface area contributed by atoms with E-state index in [1.807, 2.05) is 38.1 Å². The number of amides is 1. The van der Waals surface area contributed by atoms with Crippen molar-refractivity contribution < 1.29 is 14.7 Å². The number of nitrogens with zero attached hydrogens (tertiary/aromatic N) is 2. The van der Waals surface area contributed by atoms with E-state index in [0.717, 1.165) is 11.3 Å². The molecule has 0 aliphatic carbocycles. The topological polar surface area (TPSA) is 53.0 Å². The maximum absolute atomic E-state index is 11.6. The number of para-hydroxylation sites is 1. The Kier molecular flexibility index (Phi) is 4.10. The van der Waals surface area contributed by atoms with Gasteiger partial charge in [0.05, 0.1) is 25.0 Å². The van der Waals surface area contributed by atoms with E-state index < -0.39 is 6.09 Å². The highest BCUT2D eigenvalue weighted by Crippen LogP contribution is 2.26. The lowest BCUT2D eigenvalue weighted by Gasteiger charge is -2.32. The fourth-order valence-electron chi connectivity index (χ4n) is 2.18. The lowest BCUT2D eigenvalue weighted by molar-refractivity contribution is -0.0947. The smallest absolute Gasteiger partial charge is 0.416 e. The van der Waals surface area contributed by atoms with E-state index in [9.17, 15) is 9.90 Å². The van der Waals surface area contributed by atoms with Crippen molar-refractivity contribution in [3.05, 3.63) is 53.4 Å². The summed E-state index contributed by atoms with van der Waals surface area (Å²) in [5.41, 5.74) is 3.24. The third kappa shape index (κ3) is 2.67. The third-order valence-electron chi connectivity index (χ3n) is 3.35. The largest absolute Gasteiger partial charge is 0.464 e. The molecule has 5 heteroatoms. The van der Waals surface area contributed by atoms with Crippen LogP contribution in [0.3, 0.4) is 0 Å². The summed E-state index contributed by atoms with van der Waals surface area (Å²) in [7, 11) is 1.58. The minimum atomic E-state index is -1.01. The van der Waals surface area contributed by atoms with Crippen LogP contribution in [0.1, 0.15) is 13.8 Å². The van der Waals surface area contributed by atoms with Gasteiger partial charge in [-0.3, -0.25) is 9.90 Å². The summed E-state index contributed by atoms with van der Waals surface area (Å²) >= 11 is 0. The van der Waals surface area contributed by atoms with Crippen molar-refractivity contribution in [3.8, 4) is 0 Å². The minimum absolute atomic E-state index is 0.390. The van der Waals surface area contributed by atoms with Crippen LogP contribution in [0.25, 0.3) is 0 Å².